The van der Waals surface area contributed by atoms with Crippen molar-refractivity contribution in [2.75, 3.05) is 6.54 Å². The molecule has 1 amide bonds. The first-order valence-corrected chi connectivity index (χ1v) is 14.7. The Morgan fingerprint density at radius 1 is 0.881 bits per heavy atom. The van der Waals surface area contributed by atoms with Gasteiger partial charge in [0.05, 0.1) is 12.5 Å². The quantitative estimate of drug-likeness (QED) is 0.208. The molecule has 1 aliphatic carbocycles. The van der Waals surface area contributed by atoms with Gasteiger partial charge in [-0.3, -0.25) is 14.4 Å². The zero-order valence-electron chi connectivity index (χ0n) is 23.2. The molecule has 1 fully saturated rings. The summed E-state index contributed by atoms with van der Waals surface area (Å²) in [4.78, 5) is 50.4. The van der Waals surface area contributed by atoms with Crippen LogP contribution in [0.5, 0.6) is 0 Å². The number of ketones is 2. The number of hydrogen-bond acceptors (Lipinski definition) is 5. The zero-order valence-corrected chi connectivity index (χ0v) is 24.7. The van der Waals surface area contributed by atoms with Crippen LogP contribution in [0.15, 0.2) is 66.7 Å². The van der Waals surface area contributed by atoms with Crippen molar-refractivity contribution in [3.63, 3.8) is 0 Å². The molecule has 3 unspecified atom stereocenters. The van der Waals surface area contributed by atoms with E-state index in [1.807, 2.05) is 12.1 Å². The Bertz CT molecular complexity index is 1430. The van der Waals surface area contributed by atoms with Crippen molar-refractivity contribution in [2.45, 2.75) is 57.0 Å². The maximum Gasteiger partial charge on any atom is 0.334 e. The smallest absolute Gasteiger partial charge is 0.334 e. The molecule has 4 atom stereocenters. The molecule has 220 valence electrons. The maximum absolute atomic E-state index is 13.8. The summed E-state index contributed by atoms with van der Waals surface area (Å²) in [5.74, 6) is -2.25. The molecule has 3 N–H and O–H groups in total. The number of rotatable bonds is 11. The summed E-state index contributed by atoms with van der Waals surface area (Å²) in [6, 6.07) is 18.4. The van der Waals surface area contributed by atoms with Gasteiger partial charge < -0.3 is 15.5 Å². The van der Waals surface area contributed by atoms with Crippen LogP contribution in [0.4, 0.5) is 0 Å². The van der Waals surface area contributed by atoms with Gasteiger partial charge >= 0.3 is 5.97 Å². The number of carbonyl (C=O) groups excluding carboxylic acids is 3. The van der Waals surface area contributed by atoms with Gasteiger partial charge in [-0.25, -0.2) is 4.79 Å². The summed E-state index contributed by atoms with van der Waals surface area (Å²) in [5, 5.41) is 21.2. The van der Waals surface area contributed by atoms with Crippen LogP contribution >= 0.6 is 23.2 Å². The molecule has 0 bridgehead atoms. The third kappa shape index (κ3) is 8.06. The van der Waals surface area contributed by atoms with Crippen molar-refractivity contribution in [3.05, 3.63) is 105 Å². The molecule has 0 heterocycles. The maximum atomic E-state index is 13.8. The third-order valence-corrected chi connectivity index (χ3v) is 8.25. The van der Waals surface area contributed by atoms with E-state index in [2.05, 4.69) is 24.4 Å². The minimum absolute atomic E-state index is 0.107. The second kappa shape index (κ2) is 14.1. The number of benzene rings is 3. The van der Waals surface area contributed by atoms with Gasteiger partial charge in [-0.2, -0.15) is 0 Å². The minimum Gasteiger partial charge on any atom is -0.479 e. The lowest BCUT2D eigenvalue weighted by Gasteiger charge is -2.27. The number of carboxylic acids is 1. The highest BCUT2D eigenvalue weighted by Crippen LogP contribution is 2.37. The van der Waals surface area contributed by atoms with Gasteiger partial charge in [-0.05, 0) is 66.1 Å². The number of nitrogens with one attached hydrogen (secondary N) is 1. The van der Waals surface area contributed by atoms with Crippen LogP contribution in [0.3, 0.4) is 0 Å². The summed E-state index contributed by atoms with van der Waals surface area (Å²) in [6.07, 6.45) is 2.87. The predicted molar refractivity (Wildman–Crippen MR) is 162 cm³/mol. The molecule has 9 heteroatoms. The summed E-state index contributed by atoms with van der Waals surface area (Å²) in [7, 11) is 0. The number of amides is 1. The second-order valence-corrected chi connectivity index (χ2v) is 11.9. The summed E-state index contributed by atoms with van der Waals surface area (Å²) in [5.41, 5.74) is 2.75. The van der Waals surface area contributed by atoms with E-state index in [1.165, 1.54) is 60.9 Å². The van der Waals surface area contributed by atoms with Crippen molar-refractivity contribution in [2.24, 2.45) is 5.92 Å². The van der Waals surface area contributed by atoms with Crippen LogP contribution in [0, 0.1) is 5.92 Å². The fourth-order valence-electron chi connectivity index (χ4n) is 5.48. The highest BCUT2D eigenvalue weighted by Gasteiger charge is 2.27. The van der Waals surface area contributed by atoms with Crippen molar-refractivity contribution in [3.8, 4) is 0 Å². The molecule has 3 aromatic carbocycles. The van der Waals surface area contributed by atoms with E-state index < -0.39 is 30.4 Å². The Kier molecular flexibility index (Phi) is 10.5. The van der Waals surface area contributed by atoms with E-state index in [1.54, 1.807) is 0 Å². The SMILES string of the molecule is CC1CCCC(c2ccc(C(CC(=O)c3cc(Cl)cc(Cl)c3)C(=O)c3ccc(C(=O)NC[C@@H](O)C(=O)O)cc3)cc2)C1. The van der Waals surface area contributed by atoms with E-state index in [0.29, 0.717) is 38.6 Å². The molecule has 1 aliphatic rings. The molecule has 1 saturated carbocycles. The number of carbonyl (C=O) groups is 4. The standard InChI is InChI=1S/C33H33Cl2NO6/c1-19-3-2-4-24(13-19)20-5-7-21(8-6-20)28(17-29(37)25-14-26(34)16-27(35)15-25)31(39)22-9-11-23(12-10-22)32(40)36-18-30(38)33(41)42/h5-12,14-16,19,24,28,30,38H,2-4,13,17-18H2,1H3,(H,36,40)(H,41,42)/t19?,24?,28?,30-/m1/s1. The van der Waals surface area contributed by atoms with Gasteiger partial charge in [0.25, 0.3) is 5.91 Å². The Hall–Kier alpha value is -3.52. The van der Waals surface area contributed by atoms with Crippen LogP contribution in [-0.4, -0.2) is 46.3 Å². The number of aliphatic hydroxyl groups excluding tert-OH is 1. The average Bonchev–Trinajstić information content (AvgIpc) is 2.97. The Balaban J connectivity index is 1.58. The van der Waals surface area contributed by atoms with Gasteiger partial charge in [-0.1, -0.05) is 79.4 Å². The highest BCUT2D eigenvalue weighted by molar-refractivity contribution is 6.35. The zero-order chi connectivity index (χ0) is 30.4. The van der Waals surface area contributed by atoms with E-state index in [-0.39, 0.29) is 23.6 Å². The lowest BCUT2D eigenvalue weighted by molar-refractivity contribution is -0.146. The molecule has 42 heavy (non-hydrogen) atoms. The molecule has 0 spiro atoms. The van der Waals surface area contributed by atoms with Gasteiger partial charge in [0.1, 0.15) is 0 Å². The number of aliphatic carboxylic acids is 1. The second-order valence-electron chi connectivity index (χ2n) is 11.0. The van der Waals surface area contributed by atoms with Crippen LogP contribution in [0.25, 0.3) is 0 Å². The Morgan fingerprint density at radius 3 is 2.10 bits per heavy atom. The molecular formula is C33H33Cl2NO6. The minimum atomic E-state index is -1.73. The fourth-order valence-corrected chi connectivity index (χ4v) is 6.01. The normalized spacial score (nSPS) is 18.1. The third-order valence-electron chi connectivity index (χ3n) is 7.81. The summed E-state index contributed by atoms with van der Waals surface area (Å²) >= 11 is 12.2. The van der Waals surface area contributed by atoms with Crippen LogP contribution in [0.2, 0.25) is 10.0 Å². The number of aliphatic hydroxyl groups is 1. The first-order valence-electron chi connectivity index (χ1n) is 13.9. The Morgan fingerprint density at radius 2 is 1.50 bits per heavy atom. The number of hydrogen-bond donors (Lipinski definition) is 3. The monoisotopic (exact) mass is 609 g/mol. The average molecular weight is 611 g/mol. The van der Waals surface area contributed by atoms with Crippen LogP contribution in [0.1, 0.15) is 93.1 Å². The van der Waals surface area contributed by atoms with Crippen molar-refractivity contribution >= 4 is 46.6 Å². The largest absolute Gasteiger partial charge is 0.479 e. The number of Topliss-reactive ketones (excluding diaryl/α,β-unsaturated/α-hetero) is 2. The predicted octanol–water partition coefficient (Wildman–Crippen LogP) is 6.70. The molecule has 3 aromatic rings. The topological polar surface area (TPSA) is 121 Å². The van der Waals surface area contributed by atoms with Crippen molar-refractivity contribution < 1.29 is 29.4 Å². The van der Waals surface area contributed by atoms with E-state index in [9.17, 15) is 24.3 Å². The lowest BCUT2D eigenvalue weighted by Crippen LogP contribution is -2.36. The summed E-state index contributed by atoms with van der Waals surface area (Å²) in [6.45, 7) is 1.82. The molecule has 4 rings (SSSR count). The lowest BCUT2D eigenvalue weighted by atomic mass is 9.78. The van der Waals surface area contributed by atoms with E-state index in [4.69, 9.17) is 28.3 Å². The van der Waals surface area contributed by atoms with Gasteiger partial charge in [0.2, 0.25) is 0 Å². The number of halogens is 2. The van der Waals surface area contributed by atoms with Crippen molar-refractivity contribution in [1.82, 2.24) is 5.32 Å². The highest BCUT2D eigenvalue weighted by atomic mass is 35.5. The Labute approximate surface area is 254 Å². The van der Waals surface area contributed by atoms with Gasteiger partial charge in [0.15, 0.2) is 17.7 Å². The van der Waals surface area contributed by atoms with Gasteiger partial charge in [-0.15, -0.1) is 0 Å². The molecule has 7 nitrogen and oxygen atoms in total. The number of carboxylic acid groups (broad SMARTS) is 1. The first kappa shape index (κ1) is 31.4. The molecule has 0 saturated heterocycles. The van der Waals surface area contributed by atoms with Crippen molar-refractivity contribution in [1.29, 1.82) is 0 Å². The summed E-state index contributed by atoms with van der Waals surface area (Å²) < 4.78 is 0. The van der Waals surface area contributed by atoms with Gasteiger partial charge in [0, 0.05) is 33.2 Å². The molecule has 0 aromatic heterocycles. The van der Waals surface area contributed by atoms with E-state index in [0.717, 1.165) is 12.8 Å². The van der Waals surface area contributed by atoms with E-state index >= 15 is 0 Å². The fraction of sp³-hybridized carbons (Fsp3) is 0.333. The van der Waals surface area contributed by atoms with Crippen LogP contribution < -0.4 is 5.32 Å². The molecule has 0 aliphatic heterocycles. The molecule has 0 radical (unpaired) electrons. The van der Waals surface area contributed by atoms with Crippen LogP contribution in [-0.2, 0) is 4.79 Å². The first-order chi connectivity index (χ1) is 20.0. The molecular weight excluding hydrogens is 577 g/mol.